The first-order valence-corrected chi connectivity index (χ1v) is 15.4. The van der Waals surface area contributed by atoms with Gasteiger partial charge >= 0.3 is 79.8 Å². The predicted molar refractivity (Wildman–Crippen MR) is 54.2 cm³/mol. The van der Waals surface area contributed by atoms with Gasteiger partial charge in [0.15, 0.2) is 0 Å². The molecule has 2 heteroatoms. The Balaban J connectivity index is 1.99. The summed E-state index contributed by atoms with van der Waals surface area (Å²) in [6.07, 6.45) is 5.70. The van der Waals surface area contributed by atoms with Gasteiger partial charge in [-0.2, -0.15) is 0 Å². The van der Waals surface area contributed by atoms with Gasteiger partial charge in [0.2, 0.25) is 0 Å². The topological polar surface area (TPSA) is 12.5 Å². The van der Waals surface area contributed by atoms with Crippen LogP contribution in [0.25, 0.3) is 0 Å². The van der Waals surface area contributed by atoms with E-state index < -0.39 is 18.4 Å². The normalized spacial score (nSPS) is 41.8. The first-order chi connectivity index (χ1) is 5.52. The van der Waals surface area contributed by atoms with Crippen LogP contribution in [0.5, 0.6) is 0 Å². The van der Waals surface area contributed by atoms with Crippen molar-refractivity contribution in [3.8, 4) is 0 Å². The summed E-state index contributed by atoms with van der Waals surface area (Å²) >= 11 is -1.59. The molecule has 0 N–H and O–H groups in total. The van der Waals surface area contributed by atoms with Crippen molar-refractivity contribution in [2.45, 2.75) is 50.0 Å². The van der Waals surface area contributed by atoms with Gasteiger partial charge in [-0.3, -0.25) is 0 Å². The van der Waals surface area contributed by atoms with Crippen LogP contribution in [-0.4, -0.2) is 30.6 Å². The Kier molecular flexibility index (Phi) is 2.23. The summed E-state index contributed by atoms with van der Waals surface area (Å²) in [4.78, 5) is 7.71. The summed E-state index contributed by atoms with van der Waals surface area (Å²) in [5, 5.41) is 0. The second-order valence-corrected chi connectivity index (χ2v) is 21.5. The van der Waals surface area contributed by atoms with E-state index in [1.165, 1.54) is 25.7 Å². The molecule has 1 saturated carbocycles. The van der Waals surface area contributed by atoms with Crippen molar-refractivity contribution in [1.82, 2.24) is 0 Å². The number of rotatable bonds is 1. The van der Waals surface area contributed by atoms with Crippen LogP contribution in [0, 0.1) is 0 Å². The monoisotopic (exact) mass is 276 g/mol. The number of epoxide rings is 1. The minimum absolute atomic E-state index is 0.410. The predicted octanol–water partition coefficient (Wildman–Crippen LogP) is 3.04. The van der Waals surface area contributed by atoms with E-state index in [1.807, 2.05) is 0 Å². The molecule has 0 aromatic heterocycles. The third kappa shape index (κ3) is 1.82. The second kappa shape index (κ2) is 2.87. The summed E-state index contributed by atoms with van der Waals surface area (Å²) in [5.41, 5.74) is 0.410. The standard InChI is InChI=1S/C7H11O.3CH3.Sn/c1-2-4-7(5-3-1)6-8-7;;;;/h2H,1,3-6H2;3*1H3;/t7-;;;;/m1..../s1. The molecule has 0 amide bonds. The summed E-state index contributed by atoms with van der Waals surface area (Å²) in [7, 11) is 0. The Labute approximate surface area is 79.7 Å². The average Bonchev–Trinajstić information content (AvgIpc) is 2.68. The summed E-state index contributed by atoms with van der Waals surface area (Å²) in [6, 6.07) is 0. The van der Waals surface area contributed by atoms with E-state index in [0.29, 0.717) is 5.60 Å². The molecule has 0 radical (unpaired) electrons. The van der Waals surface area contributed by atoms with Crippen LogP contribution >= 0.6 is 0 Å². The zero-order valence-corrected chi connectivity index (χ0v) is 11.4. The molecule has 1 nitrogen and oxygen atoms in total. The van der Waals surface area contributed by atoms with Crippen LogP contribution in [0.3, 0.4) is 0 Å². The van der Waals surface area contributed by atoms with E-state index >= 15 is 0 Å². The van der Waals surface area contributed by atoms with Gasteiger partial charge < -0.3 is 0 Å². The molecule has 0 bridgehead atoms. The maximum absolute atomic E-state index is 5.60. The van der Waals surface area contributed by atoms with Gasteiger partial charge in [-0.25, -0.2) is 0 Å². The third-order valence-electron chi connectivity index (χ3n) is 3.58. The van der Waals surface area contributed by atoms with Gasteiger partial charge in [0.25, 0.3) is 0 Å². The van der Waals surface area contributed by atoms with Gasteiger partial charge in [0.05, 0.1) is 0 Å². The van der Waals surface area contributed by atoms with Gasteiger partial charge in [-0.05, 0) is 0 Å². The van der Waals surface area contributed by atoms with Crippen LogP contribution in [0.2, 0.25) is 18.8 Å². The Bertz CT molecular complexity index is 179. The summed E-state index contributed by atoms with van der Waals surface area (Å²) in [6.45, 7) is 1.07. The number of ether oxygens (including phenoxy) is 1. The Morgan fingerprint density at radius 2 is 2.00 bits per heavy atom. The molecule has 1 aliphatic heterocycles. The van der Waals surface area contributed by atoms with Crippen molar-refractivity contribution in [2.75, 3.05) is 6.61 Å². The molecule has 1 spiro atoms. The van der Waals surface area contributed by atoms with E-state index in [-0.39, 0.29) is 0 Å². The summed E-state index contributed by atoms with van der Waals surface area (Å²) in [5.74, 6) is 0. The maximum atomic E-state index is 5.60. The molecule has 0 aromatic carbocycles. The molecule has 2 atom stereocenters. The van der Waals surface area contributed by atoms with Crippen LogP contribution in [0.15, 0.2) is 0 Å². The molecule has 0 unspecified atom stereocenters. The molecule has 12 heavy (non-hydrogen) atoms. The molecular formula is C10H20OSn. The molecule has 1 heterocycles. The Hall–Kier alpha value is 0.759. The van der Waals surface area contributed by atoms with E-state index in [9.17, 15) is 0 Å². The minimum atomic E-state index is -1.59. The average molecular weight is 275 g/mol. The summed E-state index contributed by atoms with van der Waals surface area (Å²) < 4.78 is 6.69. The fraction of sp³-hybridized carbons (Fsp3) is 1.00. The van der Waals surface area contributed by atoms with Gasteiger partial charge in [-0.1, -0.05) is 0 Å². The first kappa shape index (κ1) is 9.32. The molecule has 1 aliphatic carbocycles. The molecule has 2 rings (SSSR count). The van der Waals surface area contributed by atoms with Crippen molar-refractivity contribution in [2.24, 2.45) is 0 Å². The molecule has 0 aromatic rings. The van der Waals surface area contributed by atoms with Crippen molar-refractivity contribution >= 4 is 18.4 Å². The quantitative estimate of drug-likeness (QED) is 0.529. The Morgan fingerprint density at radius 3 is 2.50 bits per heavy atom. The molecule has 1 saturated heterocycles. The third-order valence-corrected chi connectivity index (χ3v) is 12.0. The van der Waals surface area contributed by atoms with E-state index in [1.54, 1.807) is 0 Å². The van der Waals surface area contributed by atoms with E-state index in [2.05, 4.69) is 14.8 Å². The SMILES string of the molecule is [CH3][Sn]([CH3])([CH3])[C@@H]1CCC[C@@]2(CO2)C1. The zero-order chi connectivity index (χ0) is 8.82. The first-order valence-electron chi connectivity index (χ1n) is 5.16. The van der Waals surface area contributed by atoms with E-state index in [0.717, 1.165) is 10.5 Å². The van der Waals surface area contributed by atoms with Gasteiger partial charge in [0, 0.05) is 0 Å². The van der Waals surface area contributed by atoms with Crippen molar-refractivity contribution in [3.05, 3.63) is 0 Å². The molecule has 70 valence electrons. The van der Waals surface area contributed by atoms with Crippen molar-refractivity contribution < 1.29 is 4.74 Å². The van der Waals surface area contributed by atoms with Crippen LogP contribution < -0.4 is 0 Å². The Morgan fingerprint density at radius 1 is 1.33 bits per heavy atom. The number of hydrogen-bond donors (Lipinski definition) is 0. The van der Waals surface area contributed by atoms with Crippen LogP contribution in [0.1, 0.15) is 25.7 Å². The molecule has 2 fully saturated rings. The van der Waals surface area contributed by atoms with Gasteiger partial charge in [-0.15, -0.1) is 0 Å². The fourth-order valence-corrected chi connectivity index (χ4v) is 8.29. The zero-order valence-electron chi connectivity index (χ0n) is 8.52. The van der Waals surface area contributed by atoms with Crippen molar-refractivity contribution in [1.29, 1.82) is 0 Å². The van der Waals surface area contributed by atoms with Crippen LogP contribution in [-0.2, 0) is 4.74 Å². The van der Waals surface area contributed by atoms with E-state index in [4.69, 9.17) is 4.74 Å². The molecule has 2 aliphatic rings. The van der Waals surface area contributed by atoms with Gasteiger partial charge in [0.1, 0.15) is 0 Å². The fourth-order valence-electron chi connectivity index (χ4n) is 2.43. The van der Waals surface area contributed by atoms with Crippen molar-refractivity contribution in [3.63, 3.8) is 0 Å². The second-order valence-electron chi connectivity index (χ2n) is 5.63. The number of hydrogen-bond acceptors (Lipinski definition) is 1. The van der Waals surface area contributed by atoms with Crippen LogP contribution in [0.4, 0.5) is 0 Å². The molecular weight excluding hydrogens is 255 g/mol.